The van der Waals surface area contributed by atoms with E-state index in [1.807, 2.05) is 39.8 Å². The van der Waals surface area contributed by atoms with Gasteiger partial charge in [-0.15, -0.1) is 0 Å². The number of carbonyl (C=O) groups is 2. The van der Waals surface area contributed by atoms with Crippen LogP contribution >= 0.6 is 23.2 Å². The minimum absolute atomic E-state index is 0.0770. The van der Waals surface area contributed by atoms with Crippen molar-refractivity contribution in [1.29, 1.82) is 0 Å². The van der Waals surface area contributed by atoms with Crippen molar-refractivity contribution in [1.82, 2.24) is 9.80 Å². The van der Waals surface area contributed by atoms with Gasteiger partial charge in [-0.3, -0.25) is 0 Å². The molecule has 0 heterocycles. The van der Waals surface area contributed by atoms with Gasteiger partial charge in [-0.2, -0.15) is 0 Å². The Morgan fingerprint density at radius 1 is 0.590 bits per heavy atom. The number of nitrogens with zero attached hydrogens (tertiary/aromatic N) is 2. The summed E-state index contributed by atoms with van der Waals surface area (Å²) >= 11 is 6.99. The second-order valence-electron chi connectivity index (χ2n) is 15.6. The van der Waals surface area contributed by atoms with Gasteiger partial charge in [0.05, 0.1) is 0 Å². The fourth-order valence-electron chi connectivity index (χ4n) is 8.95. The molecule has 4 aromatic carbocycles. The molecule has 320 valence electrons. The number of halogens is 6. The monoisotopic (exact) mass is 906 g/mol. The standard InChI is InChI=1S/2C20H21ClF2NO.2C5H5.Ti/c2*1-3-5-12-24(20(25)14-6-8-15(21)9-7-14)19(4-2)17-11-10-16(22)13-18(17)23;2*1-2-4-5-3-1;/h2*6-11,19H,3-5,12H2,1-2H3;2*1-3H,4H2;. The van der Waals surface area contributed by atoms with Gasteiger partial charge in [0, 0.05) is 0 Å². The Morgan fingerprint density at radius 3 is 1.28 bits per heavy atom. The van der Waals surface area contributed by atoms with Crippen molar-refractivity contribution in [3.05, 3.63) is 173 Å². The molecule has 2 atom stereocenters. The number of amides is 2. The summed E-state index contributed by atoms with van der Waals surface area (Å²) in [7, 11) is 0. The molecule has 2 amide bonds. The van der Waals surface area contributed by atoms with Crippen LogP contribution in [0.1, 0.15) is 123 Å². The predicted octanol–water partition coefficient (Wildman–Crippen LogP) is 13.1. The second kappa shape index (κ2) is 20.8. The summed E-state index contributed by atoms with van der Waals surface area (Å²) in [5.41, 5.74) is 0.889. The molecule has 0 spiro atoms. The first-order valence-corrected chi connectivity index (χ1v) is 25.1. The number of allylic oxidation sites excluding steroid dienone is 8. The molecular weight excluding hydrogens is 855 g/mol. The SMILES string of the molecule is CCCCN(C(=O)c1ccc(Cl)cc1)C(CC)c1ccc(F)[c]([Ti]([C]2=CC=CC2)([C]2=CC=CC2)[c]2c(F)ccc(C(CC)N(CCCC)C(=O)c3ccc(Cl)cc3)c2F)c1F. The number of carbonyl (C=O) groups excluding carboxylic acids is 2. The first-order valence-electron chi connectivity index (χ1n) is 21.3. The molecule has 4 aromatic rings. The zero-order valence-corrected chi connectivity index (χ0v) is 38.2. The Labute approximate surface area is 371 Å². The number of benzene rings is 4. The van der Waals surface area contributed by atoms with Gasteiger partial charge in [0.15, 0.2) is 0 Å². The Kier molecular flexibility index (Phi) is 15.8. The summed E-state index contributed by atoms with van der Waals surface area (Å²) in [4.78, 5) is 31.7. The Balaban J connectivity index is 1.61. The van der Waals surface area contributed by atoms with E-state index in [1.54, 1.807) is 82.6 Å². The maximum atomic E-state index is 18.3. The Hall–Kier alpha value is -4.21. The number of rotatable bonds is 18. The van der Waals surface area contributed by atoms with E-state index in [0.29, 0.717) is 54.9 Å². The van der Waals surface area contributed by atoms with Crippen molar-refractivity contribution in [2.24, 2.45) is 0 Å². The van der Waals surface area contributed by atoms with Crippen molar-refractivity contribution < 1.29 is 43.7 Å². The van der Waals surface area contributed by atoms with Crippen LogP contribution in [0, 0.1) is 23.3 Å². The number of hydrogen-bond acceptors (Lipinski definition) is 2. The Bertz CT molecular complexity index is 2200. The zero-order chi connectivity index (χ0) is 43.8. The molecular formula is C50H52Cl2F4N2O2Ti. The fraction of sp³-hybridized carbons (Fsp3) is 0.320. The van der Waals surface area contributed by atoms with Crippen LogP contribution in [0.4, 0.5) is 17.6 Å². The molecule has 0 radical (unpaired) electrons. The van der Waals surface area contributed by atoms with Crippen molar-refractivity contribution in [3.63, 3.8) is 0 Å². The minimum atomic E-state index is -5.33. The van der Waals surface area contributed by atoms with Gasteiger partial charge in [-0.1, -0.05) is 0 Å². The van der Waals surface area contributed by atoms with Gasteiger partial charge in [-0.05, 0) is 0 Å². The van der Waals surface area contributed by atoms with E-state index < -0.39 is 51.9 Å². The first kappa shape index (κ1) is 46.3. The van der Waals surface area contributed by atoms with Crippen molar-refractivity contribution in [3.8, 4) is 0 Å². The van der Waals surface area contributed by atoms with E-state index in [-0.39, 0.29) is 56.4 Å². The van der Waals surface area contributed by atoms with Crippen LogP contribution in [0.15, 0.2) is 117 Å². The van der Waals surface area contributed by atoms with Gasteiger partial charge < -0.3 is 0 Å². The summed E-state index contributed by atoms with van der Waals surface area (Å²) < 4.78 is 71.5. The molecule has 2 unspecified atom stereocenters. The zero-order valence-electron chi connectivity index (χ0n) is 35.1. The van der Waals surface area contributed by atoms with E-state index in [4.69, 9.17) is 23.2 Å². The van der Waals surface area contributed by atoms with Gasteiger partial charge in [0.25, 0.3) is 0 Å². The average molecular weight is 908 g/mol. The first-order chi connectivity index (χ1) is 29.4. The van der Waals surface area contributed by atoms with Crippen LogP contribution in [0.2, 0.25) is 10.0 Å². The van der Waals surface area contributed by atoms with Gasteiger partial charge in [0.1, 0.15) is 0 Å². The molecule has 4 nitrogen and oxygen atoms in total. The van der Waals surface area contributed by atoms with E-state index >= 15 is 17.6 Å². The van der Waals surface area contributed by atoms with Crippen LogP contribution < -0.4 is 7.74 Å². The summed E-state index contributed by atoms with van der Waals surface area (Å²) in [6.07, 6.45) is 14.6. The van der Waals surface area contributed by atoms with Crippen LogP contribution in [-0.2, 0) is 16.6 Å². The van der Waals surface area contributed by atoms with Crippen molar-refractivity contribution in [2.75, 3.05) is 13.1 Å². The molecule has 0 saturated carbocycles. The maximum absolute atomic E-state index is 18.3. The third kappa shape index (κ3) is 9.30. The summed E-state index contributed by atoms with van der Waals surface area (Å²) in [6.45, 7) is 8.26. The third-order valence-corrected chi connectivity index (χ3v) is 20.4. The van der Waals surface area contributed by atoms with Gasteiger partial charge in [0.2, 0.25) is 0 Å². The molecule has 11 heteroatoms. The molecule has 2 aliphatic carbocycles. The third-order valence-electron chi connectivity index (χ3n) is 12.0. The van der Waals surface area contributed by atoms with Crippen LogP contribution in [0.25, 0.3) is 0 Å². The van der Waals surface area contributed by atoms with E-state index in [2.05, 4.69) is 0 Å². The van der Waals surface area contributed by atoms with Crippen LogP contribution in [0.3, 0.4) is 0 Å². The van der Waals surface area contributed by atoms with Crippen molar-refractivity contribution in [2.45, 2.75) is 91.1 Å². The summed E-state index contributed by atoms with van der Waals surface area (Å²) in [6, 6.07) is 16.4. The predicted molar refractivity (Wildman–Crippen MR) is 237 cm³/mol. The molecule has 0 N–H and O–H groups in total. The molecule has 61 heavy (non-hydrogen) atoms. The summed E-state index contributed by atoms with van der Waals surface area (Å²) in [5.74, 6) is -4.29. The molecule has 0 bridgehead atoms. The fourth-order valence-corrected chi connectivity index (χ4v) is 17.5. The molecule has 6 rings (SSSR count). The Morgan fingerprint density at radius 2 is 0.967 bits per heavy atom. The summed E-state index contributed by atoms with van der Waals surface area (Å²) in [5, 5.41) is 0.922. The average Bonchev–Trinajstić information content (AvgIpc) is 4.01. The normalized spacial score (nSPS) is 14.5. The van der Waals surface area contributed by atoms with E-state index in [1.165, 1.54) is 24.3 Å². The van der Waals surface area contributed by atoms with E-state index in [9.17, 15) is 9.59 Å². The van der Waals surface area contributed by atoms with Gasteiger partial charge in [-0.25, -0.2) is 0 Å². The van der Waals surface area contributed by atoms with Crippen molar-refractivity contribution >= 4 is 42.8 Å². The molecule has 2 aliphatic rings. The molecule has 0 saturated heterocycles. The molecule has 0 aromatic heterocycles. The van der Waals surface area contributed by atoms with E-state index in [0.717, 1.165) is 12.8 Å². The van der Waals surface area contributed by atoms with Crippen LogP contribution in [0.5, 0.6) is 0 Å². The quantitative estimate of drug-likeness (QED) is 0.0737. The van der Waals surface area contributed by atoms with Gasteiger partial charge >= 0.3 is 373 Å². The van der Waals surface area contributed by atoms with Crippen LogP contribution in [-0.4, -0.2) is 34.7 Å². The second-order valence-corrected chi connectivity index (χ2v) is 22.4. The number of unbranched alkanes of at least 4 members (excludes halogenated alkanes) is 2. The molecule has 0 fully saturated rings. The molecule has 0 aliphatic heterocycles. The topological polar surface area (TPSA) is 40.6 Å². The number of hydrogen-bond donors (Lipinski definition) is 0.